The van der Waals surface area contributed by atoms with Gasteiger partial charge in [-0.1, -0.05) is 13.3 Å². The lowest BCUT2D eigenvalue weighted by Crippen LogP contribution is -2.18. The van der Waals surface area contributed by atoms with Gasteiger partial charge in [0.25, 0.3) is 0 Å². The van der Waals surface area contributed by atoms with E-state index in [0.717, 1.165) is 6.42 Å². The first kappa shape index (κ1) is 8.81. The van der Waals surface area contributed by atoms with Gasteiger partial charge in [0.1, 0.15) is 17.4 Å². The van der Waals surface area contributed by atoms with Gasteiger partial charge in [-0.05, 0) is 6.42 Å². The summed E-state index contributed by atoms with van der Waals surface area (Å²) in [4.78, 5) is 0. The molecular formula is C5H10O3S. The zero-order valence-electron chi connectivity index (χ0n) is 5.20. The maximum atomic E-state index is 9.82. The van der Waals surface area contributed by atoms with Crippen LogP contribution in [0.3, 0.4) is 0 Å². The Hall–Kier alpha value is -0.190. The largest absolute Gasteiger partial charge is 0.385 e. The molecule has 0 fully saturated rings. The number of aliphatic hydroxyl groups is 2. The molecule has 9 heavy (non-hydrogen) atoms. The molecule has 0 amide bonds. The van der Waals surface area contributed by atoms with Crippen LogP contribution in [0, 0.1) is 0 Å². The average Bonchev–Trinajstić information content (AvgIpc) is 1.87. The molecule has 0 saturated heterocycles. The summed E-state index contributed by atoms with van der Waals surface area (Å²) in [7, 11) is 0. The molecule has 0 bridgehead atoms. The Kier molecular flexibility index (Phi) is 4.57. The summed E-state index contributed by atoms with van der Waals surface area (Å²) >= 11 is -0.0550. The van der Waals surface area contributed by atoms with E-state index in [-0.39, 0.29) is 11.3 Å². The molecule has 0 saturated carbocycles. The van der Waals surface area contributed by atoms with Crippen LogP contribution in [-0.2, 0) is 11.3 Å². The minimum absolute atomic E-state index is 0.0550. The van der Waals surface area contributed by atoms with E-state index < -0.39 is 11.2 Å². The Morgan fingerprint density at radius 1 is 1.78 bits per heavy atom. The van der Waals surface area contributed by atoms with E-state index in [1.807, 2.05) is 6.92 Å². The standard InChI is InChI=1S/C5H10O3S/c1-2-3-4(6)5(7)9-8/h4,6-7H,2-3H2,1H3. The Bertz CT molecular complexity index is 128. The second-order valence-corrected chi connectivity index (χ2v) is 2.31. The van der Waals surface area contributed by atoms with Gasteiger partial charge in [0.2, 0.25) is 0 Å². The van der Waals surface area contributed by atoms with Crippen molar-refractivity contribution >= 4 is 16.3 Å². The van der Waals surface area contributed by atoms with Crippen molar-refractivity contribution in [3.05, 3.63) is 0 Å². The van der Waals surface area contributed by atoms with E-state index in [2.05, 4.69) is 0 Å². The Balaban J connectivity index is 3.73. The summed E-state index contributed by atoms with van der Waals surface area (Å²) in [5, 5.41) is 17.0. The summed E-state index contributed by atoms with van der Waals surface area (Å²) in [6.45, 7) is 1.87. The van der Waals surface area contributed by atoms with E-state index in [9.17, 15) is 4.21 Å². The van der Waals surface area contributed by atoms with Gasteiger partial charge in [0.05, 0.1) is 0 Å². The van der Waals surface area contributed by atoms with Crippen molar-refractivity contribution in [2.24, 2.45) is 0 Å². The lowest BCUT2D eigenvalue weighted by Gasteiger charge is -2.02. The van der Waals surface area contributed by atoms with Crippen LogP contribution in [0.1, 0.15) is 19.8 Å². The van der Waals surface area contributed by atoms with Crippen molar-refractivity contribution in [2.45, 2.75) is 25.9 Å². The molecule has 0 aliphatic heterocycles. The molecule has 0 aliphatic carbocycles. The number of rotatable bonds is 3. The van der Waals surface area contributed by atoms with E-state index >= 15 is 0 Å². The van der Waals surface area contributed by atoms with Gasteiger partial charge in [-0.2, -0.15) is 0 Å². The maximum absolute atomic E-state index is 9.82. The van der Waals surface area contributed by atoms with Crippen LogP contribution in [-0.4, -0.2) is 25.6 Å². The highest BCUT2D eigenvalue weighted by molar-refractivity contribution is 7.66. The summed E-state index contributed by atoms with van der Waals surface area (Å²) in [5.41, 5.74) is 0. The van der Waals surface area contributed by atoms with E-state index in [4.69, 9.17) is 10.2 Å². The molecule has 2 N–H and O–H groups in total. The van der Waals surface area contributed by atoms with Gasteiger partial charge in [-0.25, -0.2) is 4.21 Å². The second-order valence-electron chi connectivity index (χ2n) is 1.73. The van der Waals surface area contributed by atoms with Crippen molar-refractivity contribution < 1.29 is 14.4 Å². The van der Waals surface area contributed by atoms with Gasteiger partial charge in [-0.15, -0.1) is 0 Å². The van der Waals surface area contributed by atoms with Crippen molar-refractivity contribution in [3.63, 3.8) is 0 Å². The van der Waals surface area contributed by atoms with Gasteiger partial charge >= 0.3 is 0 Å². The monoisotopic (exact) mass is 150 g/mol. The first-order chi connectivity index (χ1) is 4.22. The lowest BCUT2D eigenvalue weighted by atomic mass is 10.2. The smallest absolute Gasteiger partial charge is 0.171 e. The molecular weight excluding hydrogens is 140 g/mol. The third-order valence-electron chi connectivity index (χ3n) is 0.933. The van der Waals surface area contributed by atoms with Crippen LogP contribution in [0.5, 0.6) is 0 Å². The van der Waals surface area contributed by atoms with Gasteiger partial charge in [-0.3, -0.25) is 0 Å². The molecule has 0 aliphatic rings. The van der Waals surface area contributed by atoms with E-state index in [1.165, 1.54) is 0 Å². The quantitative estimate of drug-likeness (QED) is 0.559. The molecule has 0 aromatic heterocycles. The third-order valence-corrected chi connectivity index (χ3v) is 1.38. The average molecular weight is 150 g/mol. The fourth-order valence-corrected chi connectivity index (χ4v) is 0.681. The van der Waals surface area contributed by atoms with Crippen LogP contribution in [0.25, 0.3) is 0 Å². The number of aliphatic hydroxyl groups excluding tert-OH is 2. The highest BCUT2D eigenvalue weighted by Gasteiger charge is 2.06. The van der Waals surface area contributed by atoms with Crippen molar-refractivity contribution in [1.82, 2.24) is 0 Å². The maximum Gasteiger partial charge on any atom is 0.171 e. The molecule has 1 atom stereocenters. The predicted molar refractivity (Wildman–Crippen MR) is 36.7 cm³/mol. The lowest BCUT2D eigenvalue weighted by molar-refractivity contribution is 0.210. The summed E-state index contributed by atoms with van der Waals surface area (Å²) < 4.78 is 9.82. The second kappa shape index (κ2) is 4.67. The minimum atomic E-state index is -0.947. The molecule has 0 aromatic carbocycles. The third kappa shape index (κ3) is 3.40. The Morgan fingerprint density at radius 3 is 2.67 bits per heavy atom. The molecule has 0 aromatic rings. The van der Waals surface area contributed by atoms with Crippen molar-refractivity contribution in [3.8, 4) is 0 Å². The summed E-state index contributed by atoms with van der Waals surface area (Å²) in [6.07, 6.45) is 0.254. The molecule has 4 heteroatoms. The van der Waals surface area contributed by atoms with Gasteiger partial charge in [0, 0.05) is 0 Å². The first-order valence-corrected chi connectivity index (χ1v) is 3.50. The Labute approximate surface area is 57.4 Å². The minimum Gasteiger partial charge on any atom is -0.385 e. The van der Waals surface area contributed by atoms with Gasteiger partial charge < -0.3 is 10.2 Å². The van der Waals surface area contributed by atoms with E-state index in [0.29, 0.717) is 6.42 Å². The van der Waals surface area contributed by atoms with Crippen LogP contribution in [0.15, 0.2) is 0 Å². The molecule has 1 unspecified atom stereocenters. The molecule has 54 valence electrons. The van der Waals surface area contributed by atoms with Crippen molar-refractivity contribution in [2.75, 3.05) is 0 Å². The number of hydrogen-bond acceptors (Lipinski definition) is 2. The summed E-state index contributed by atoms with van der Waals surface area (Å²) in [5.74, 6) is 0. The SMILES string of the molecule is CCCC(O)C(O)=S=O. The number of hydrogen-bond donors (Lipinski definition) is 2. The molecule has 0 spiro atoms. The van der Waals surface area contributed by atoms with Crippen LogP contribution >= 0.6 is 0 Å². The van der Waals surface area contributed by atoms with Crippen LogP contribution < -0.4 is 0 Å². The summed E-state index contributed by atoms with van der Waals surface area (Å²) in [6, 6.07) is 0. The predicted octanol–water partition coefficient (Wildman–Crippen LogP) is 0.0483. The highest BCUT2D eigenvalue weighted by atomic mass is 32.1. The molecule has 3 nitrogen and oxygen atoms in total. The van der Waals surface area contributed by atoms with Crippen LogP contribution in [0.4, 0.5) is 0 Å². The van der Waals surface area contributed by atoms with E-state index in [1.54, 1.807) is 0 Å². The first-order valence-electron chi connectivity index (χ1n) is 2.76. The Morgan fingerprint density at radius 2 is 2.33 bits per heavy atom. The fourth-order valence-electron chi connectivity index (χ4n) is 0.452. The zero-order valence-corrected chi connectivity index (χ0v) is 6.02. The molecule has 0 radical (unpaired) electrons. The molecule has 0 rings (SSSR count). The highest BCUT2D eigenvalue weighted by Crippen LogP contribution is 1.94. The van der Waals surface area contributed by atoms with Crippen LogP contribution in [0.2, 0.25) is 0 Å². The molecule has 0 heterocycles. The van der Waals surface area contributed by atoms with Gasteiger partial charge in [0.15, 0.2) is 5.05 Å². The fraction of sp³-hybridized carbons (Fsp3) is 0.800. The zero-order chi connectivity index (χ0) is 7.28. The van der Waals surface area contributed by atoms with Crippen molar-refractivity contribution in [1.29, 1.82) is 0 Å². The topological polar surface area (TPSA) is 57.5 Å². The normalized spacial score (nSPS) is 12.8.